The lowest BCUT2D eigenvalue weighted by Gasteiger charge is -2.17. The fraction of sp³-hybridized carbons (Fsp3) is 0.833. The van der Waals surface area contributed by atoms with Gasteiger partial charge in [-0.3, -0.25) is 0 Å². The van der Waals surface area contributed by atoms with Crippen LogP contribution in [0.1, 0.15) is 19.3 Å². The Kier molecular flexibility index (Phi) is 1.92. The largest absolute Gasteiger partial charge is 0.463 e. The van der Waals surface area contributed by atoms with E-state index < -0.39 is 11.6 Å². The van der Waals surface area contributed by atoms with Crippen molar-refractivity contribution in [2.75, 3.05) is 6.61 Å². The van der Waals surface area contributed by atoms with Crippen LogP contribution in [0.5, 0.6) is 0 Å². The highest BCUT2D eigenvalue weighted by Gasteiger charge is 2.31. The number of hydrogen-bond donors (Lipinski definition) is 2. The van der Waals surface area contributed by atoms with Crippen LogP contribution in [-0.4, -0.2) is 18.2 Å². The number of cyclic esters (lactones) is 1. The number of rotatable bonds is 0. The van der Waals surface area contributed by atoms with Crippen molar-refractivity contribution in [1.82, 2.24) is 0 Å². The molecule has 0 saturated carbocycles. The van der Waals surface area contributed by atoms with Gasteiger partial charge < -0.3 is 16.2 Å². The molecule has 4 heteroatoms. The molecular weight excluding hydrogens is 132 g/mol. The van der Waals surface area contributed by atoms with E-state index in [0.29, 0.717) is 13.0 Å². The van der Waals surface area contributed by atoms with E-state index >= 15 is 0 Å². The topological polar surface area (TPSA) is 78.3 Å². The molecule has 0 aliphatic carbocycles. The van der Waals surface area contributed by atoms with Gasteiger partial charge in [-0.1, -0.05) is 0 Å². The minimum absolute atomic E-state index is 0.453. The van der Waals surface area contributed by atoms with Gasteiger partial charge in [0.2, 0.25) is 0 Å². The molecule has 0 aromatic heterocycles. The summed E-state index contributed by atoms with van der Waals surface area (Å²) in [5.74, 6) is -0.481. The Labute approximate surface area is 59.5 Å². The van der Waals surface area contributed by atoms with Gasteiger partial charge in [-0.2, -0.15) is 0 Å². The maximum absolute atomic E-state index is 10.9. The third-order valence-corrected chi connectivity index (χ3v) is 1.60. The fourth-order valence-electron chi connectivity index (χ4n) is 0.921. The summed E-state index contributed by atoms with van der Waals surface area (Å²) in [5.41, 5.74) is 9.61. The van der Waals surface area contributed by atoms with Gasteiger partial charge in [0.05, 0.1) is 6.61 Å². The summed E-state index contributed by atoms with van der Waals surface area (Å²) in [6.07, 6.45) is 2.24. The summed E-state index contributed by atoms with van der Waals surface area (Å²) in [5, 5.41) is 0. The summed E-state index contributed by atoms with van der Waals surface area (Å²) in [6, 6.07) is 0. The maximum Gasteiger partial charge on any atom is 0.340 e. The second kappa shape index (κ2) is 2.56. The van der Waals surface area contributed by atoms with Gasteiger partial charge in [0.15, 0.2) is 5.66 Å². The van der Waals surface area contributed by atoms with Gasteiger partial charge in [-0.05, 0) is 19.3 Å². The van der Waals surface area contributed by atoms with E-state index in [1.807, 2.05) is 0 Å². The van der Waals surface area contributed by atoms with Gasteiger partial charge >= 0.3 is 5.97 Å². The van der Waals surface area contributed by atoms with E-state index in [4.69, 9.17) is 16.2 Å². The zero-order valence-electron chi connectivity index (χ0n) is 5.80. The van der Waals surface area contributed by atoms with Crippen LogP contribution in [0.2, 0.25) is 0 Å². The first-order chi connectivity index (χ1) is 4.63. The summed E-state index contributed by atoms with van der Waals surface area (Å²) >= 11 is 0. The molecule has 0 aromatic carbocycles. The van der Waals surface area contributed by atoms with E-state index in [0.717, 1.165) is 12.8 Å². The minimum atomic E-state index is -1.24. The highest BCUT2D eigenvalue weighted by molar-refractivity contribution is 5.79. The summed E-state index contributed by atoms with van der Waals surface area (Å²) < 4.78 is 4.73. The third-order valence-electron chi connectivity index (χ3n) is 1.60. The Morgan fingerprint density at radius 1 is 1.40 bits per heavy atom. The lowest BCUT2D eigenvalue weighted by molar-refractivity contribution is -0.148. The van der Waals surface area contributed by atoms with Crippen LogP contribution in [0.15, 0.2) is 0 Å². The number of ether oxygens (including phenoxy) is 1. The van der Waals surface area contributed by atoms with Crippen molar-refractivity contribution in [2.45, 2.75) is 24.9 Å². The van der Waals surface area contributed by atoms with Crippen LogP contribution >= 0.6 is 0 Å². The smallest absolute Gasteiger partial charge is 0.340 e. The molecule has 0 bridgehead atoms. The Morgan fingerprint density at radius 2 is 2.10 bits per heavy atom. The van der Waals surface area contributed by atoms with Crippen LogP contribution in [0, 0.1) is 0 Å². The van der Waals surface area contributed by atoms with E-state index in [9.17, 15) is 4.79 Å². The van der Waals surface area contributed by atoms with Gasteiger partial charge in [-0.15, -0.1) is 0 Å². The molecular formula is C6H12N2O2. The molecule has 0 spiro atoms. The van der Waals surface area contributed by atoms with Crippen molar-refractivity contribution in [1.29, 1.82) is 0 Å². The molecule has 1 saturated heterocycles. The molecule has 4 N–H and O–H groups in total. The molecule has 0 aromatic rings. The van der Waals surface area contributed by atoms with Crippen molar-refractivity contribution < 1.29 is 9.53 Å². The molecule has 4 nitrogen and oxygen atoms in total. The van der Waals surface area contributed by atoms with Crippen LogP contribution in [-0.2, 0) is 9.53 Å². The van der Waals surface area contributed by atoms with E-state index in [1.165, 1.54) is 0 Å². The predicted octanol–water partition coefficient (Wildman–Crippen LogP) is -0.673. The SMILES string of the molecule is NC1(N)CCCCOC1=O. The quantitative estimate of drug-likeness (QED) is 0.349. The molecule has 0 unspecified atom stereocenters. The molecule has 0 amide bonds. The summed E-state index contributed by atoms with van der Waals surface area (Å²) in [6.45, 7) is 0.453. The lowest BCUT2D eigenvalue weighted by Crippen LogP contribution is -2.56. The van der Waals surface area contributed by atoms with E-state index in [2.05, 4.69) is 0 Å². The van der Waals surface area contributed by atoms with Crippen molar-refractivity contribution in [3.63, 3.8) is 0 Å². The third kappa shape index (κ3) is 1.46. The first kappa shape index (κ1) is 7.50. The Balaban J connectivity index is 2.61. The van der Waals surface area contributed by atoms with Crippen molar-refractivity contribution in [2.24, 2.45) is 11.5 Å². The molecule has 0 radical (unpaired) electrons. The Morgan fingerprint density at radius 3 is 2.80 bits per heavy atom. The molecule has 10 heavy (non-hydrogen) atoms. The first-order valence-electron chi connectivity index (χ1n) is 3.38. The fourth-order valence-corrected chi connectivity index (χ4v) is 0.921. The second-order valence-corrected chi connectivity index (χ2v) is 2.63. The number of hydrogen-bond acceptors (Lipinski definition) is 4. The van der Waals surface area contributed by atoms with Crippen molar-refractivity contribution >= 4 is 5.97 Å². The summed E-state index contributed by atoms with van der Waals surface area (Å²) in [7, 11) is 0. The van der Waals surface area contributed by atoms with Gasteiger partial charge in [0.25, 0.3) is 0 Å². The average molecular weight is 144 g/mol. The van der Waals surface area contributed by atoms with Gasteiger partial charge in [-0.25, -0.2) is 4.79 Å². The van der Waals surface area contributed by atoms with Crippen LogP contribution in [0.25, 0.3) is 0 Å². The van der Waals surface area contributed by atoms with Gasteiger partial charge in [0, 0.05) is 0 Å². The molecule has 0 atom stereocenters. The van der Waals surface area contributed by atoms with Crippen LogP contribution in [0.3, 0.4) is 0 Å². The standard InChI is InChI=1S/C6H12N2O2/c7-6(8)3-1-2-4-10-5(6)9/h1-4,7-8H2. The van der Waals surface area contributed by atoms with Crippen LogP contribution < -0.4 is 11.5 Å². The number of esters is 1. The zero-order chi connectivity index (χ0) is 7.61. The highest BCUT2D eigenvalue weighted by Crippen LogP contribution is 2.12. The highest BCUT2D eigenvalue weighted by atomic mass is 16.5. The monoisotopic (exact) mass is 144 g/mol. The summed E-state index contributed by atoms with van der Waals surface area (Å²) in [4.78, 5) is 10.9. The van der Waals surface area contributed by atoms with Gasteiger partial charge in [0.1, 0.15) is 0 Å². The molecule has 1 aliphatic rings. The first-order valence-corrected chi connectivity index (χ1v) is 3.38. The van der Waals surface area contributed by atoms with Crippen molar-refractivity contribution in [3.8, 4) is 0 Å². The Bertz CT molecular complexity index is 145. The van der Waals surface area contributed by atoms with Crippen molar-refractivity contribution in [3.05, 3.63) is 0 Å². The number of carbonyl (C=O) groups is 1. The lowest BCUT2D eigenvalue weighted by atomic mass is 10.1. The maximum atomic E-state index is 10.9. The average Bonchev–Trinajstić information content (AvgIpc) is 1.96. The molecule has 58 valence electrons. The molecule has 1 heterocycles. The zero-order valence-corrected chi connectivity index (χ0v) is 5.80. The van der Waals surface area contributed by atoms with E-state index in [-0.39, 0.29) is 0 Å². The number of nitrogens with two attached hydrogens (primary N) is 2. The molecule has 1 aliphatic heterocycles. The molecule has 1 fully saturated rings. The minimum Gasteiger partial charge on any atom is -0.463 e. The normalized spacial score (nSPS) is 25.2. The Hall–Kier alpha value is -0.610. The number of carbonyl (C=O) groups excluding carboxylic acids is 1. The molecule has 1 rings (SSSR count). The predicted molar refractivity (Wildman–Crippen MR) is 35.9 cm³/mol. The second-order valence-electron chi connectivity index (χ2n) is 2.63. The van der Waals surface area contributed by atoms with Crippen LogP contribution in [0.4, 0.5) is 0 Å². The van der Waals surface area contributed by atoms with E-state index in [1.54, 1.807) is 0 Å².